The number of carboxylic acids is 2. The van der Waals surface area contributed by atoms with Crippen molar-refractivity contribution in [1.82, 2.24) is 24.9 Å². The number of aliphatic hydroxyl groups is 1. The molecule has 0 amide bonds. The molecule has 0 spiro atoms. The molecule has 0 bridgehead atoms. The summed E-state index contributed by atoms with van der Waals surface area (Å²) >= 11 is 0. The van der Waals surface area contributed by atoms with Gasteiger partial charge >= 0.3 is 11.9 Å². The van der Waals surface area contributed by atoms with Gasteiger partial charge in [0.05, 0.1) is 11.1 Å². The number of hydrogen-bond acceptors (Lipinski definition) is 8. The quantitative estimate of drug-likeness (QED) is 0.471. The Kier molecular flexibility index (Phi) is 7.68. The van der Waals surface area contributed by atoms with E-state index in [1.165, 1.54) is 0 Å². The predicted octanol–water partition coefficient (Wildman–Crippen LogP) is 2.77. The lowest BCUT2D eigenvalue weighted by molar-refractivity contribution is -0.159. The van der Waals surface area contributed by atoms with Crippen molar-refractivity contribution in [2.45, 2.75) is 58.1 Å². The third-order valence-corrected chi connectivity index (χ3v) is 5.48. The molecule has 1 aliphatic rings. The van der Waals surface area contributed by atoms with Gasteiger partial charge in [-0.25, -0.2) is 9.59 Å². The van der Waals surface area contributed by atoms with Crippen LogP contribution in [0.3, 0.4) is 0 Å². The van der Waals surface area contributed by atoms with Crippen molar-refractivity contribution in [3.05, 3.63) is 30.2 Å². The standard InChI is InChI=1S/C21H29N5O2.C2H2O4/c1-14(2)26-17-8-6-5-7-16(17)18(24-26)20-23-22-19(28-20)15-9-11-25(12-10-15)13-21(3,4)27;3-1(4)2(5)6/h5-8,14-15,27H,9-13H2,1-4H3;(H,3,4)(H,5,6). The van der Waals surface area contributed by atoms with Crippen molar-refractivity contribution in [3.8, 4) is 11.6 Å². The number of aromatic nitrogens is 4. The Morgan fingerprint density at radius 1 is 1.12 bits per heavy atom. The van der Waals surface area contributed by atoms with E-state index < -0.39 is 17.5 Å². The van der Waals surface area contributed by atoms with Crippen LogP contribution in [0.15, 0.2) is 28.7 Å². The van der Waals surface area contributed by atoms with Crippen molar-refractivity contribution >= 4 is 22.8 Å². The maximum absolute atomic E-state index is 10.0. The lowest BCUT2D eigenvalue weighted by Gasteiger charge is -2.34. The number of β-amino-alcohol motifs (C(OH)–C–C–N with tert-alkyl or cyclic N) is 1. The van der Waals surface area contributed by atoms with Crippen LogP contribution < -0.4 is 0 Å². The van der Waals surface area contributed by atoms with E-state index in [1.807, 2.05) is 30.7 Å². The van der Waals surface area contributed by atoms with Crippen LogP contribution in [-0.4, -0.2) is 77.4 Å². The second-order valence-corrected chi connectivity index (χ2v) is 9.32. The minimum atomic E-state index is -1.82. The highest BCUT2D eigenvalue weighted by Gasteiger charge is 2.28. The Morgan fingerprint density at radius 3 is 2.29 bits per heavy atom. The molecular weight excluding hydrogens is 442 g/mol. The normalized spacial score (nSPS) is 15.4. The SMILES string of the molecule is CC(C)n1nc(-c2nnc(C3CCN(CC(C)(C)O)CC3)o2)c2ccccc21.O=C(O)C(=O)O. The van der Waals surface area contributed by atoms with Crippen molar-refractivity contribution < 1.29 is 29.3 Å². The van der Waals surface area contributed by atoms with Gasteiger partial charge in [-0.15, -0.1) is 10.2 Å². The van der Waals surface area contributed by atoms with Crippen molar-refractivity contribution in [3.63, 3.8) is 0 Å². The molecule has 11 nitrogen and oxygen atoms in total. The molecule has 1 fully saturated rings. The van der Waals surface area contributed by atoms with Gasteiger partial charge in [-0.05, 0) is 59.7 Å². The van der Waals surface area contributed by atoms with Gasteiger partial charge in [0, 0.05) is 23.9 Å². The second kappa shape index (κ2) is 10.3. The minimum absolute atomic E-state index is 0.251. The van der Waals surface area contributed by atoms with Crippen molar-refractivity contribution in [2.24, 2.45) is 0 Å². The lowest BCUT2D eigenvalue weighted by atomic mass is 9.96. The maximum atomic E-state index is 10.0. The molecule has 0 saturated carbocycles. The first-order chi connectivity index (χ1) is 16.0. The molecule has 3 N–H and O–H groups in total. The first-order valence-corrected chi connectivity index (χ1v) is 11.2. The highest BCUT2D eigenvalue weighted by Crippen LogP contribution is 2.32. The molecule has 0 atom stereocenters. The maximum Gasteiger partial charge on any atom is 0.414 e. The molecule has 1 aliphatic heterocycles. The number of rotatable bonds is 5. The number of nitrogens with zero attached hydrogens (tertiary/aromatic N) is 5. The van der Waals surface area contributed by atoms with Gasteiger partial charge in [-0.2, -0.15) is 5.10 Å². The first-order valence-electron chi connectivity index (χ1n) is 11.2. The number of likely N-dealkylation sites (tertiary alicyclic amines) is 1. The fourth-order valence-corrected chi connectivity index (χ4v) is 4.02. The van der Waals surface area contributed by atoms with Crippen LogP contribution in [0.2, 0.25) is 0 Å². The van der Waals surface area contributed by atoms with Gasteiger partial charge in [-0.3, -0.25) is 4.68 Å². The van der Waals surface area contributed by atoms with E-state index >= 15 is 0 Å². The van der Waals surface area contributed by atoms with Crippen LogP contribution in [0, 0.1) is 0 Å². The zero-order valence-electron chi connectivity index (χ0n) is 19.8. The van der Waals surface area contributed by atoms with Gasteiger partial charge in [-0.1, -0.05) is 18.2 Å². The molecule has 34 heavy (non-hydrogen) atoms. The molecule has 11 heteroatoms. The predicted molar refractivity (Wildman–Crippen MR) is 123 cm³/mol. The van der Waals surface area contributed by atoms with E-state index in [2.05, 4.69) is 41.1 Å². The number of hydrogen-bond donors (Lipinski definition) is 3. The largest absolute Gasteiger partial charge is 0.473 e. The molecule has 0 unspecified atom stereocenters. The molecule has 4 rings (SSSR count). The summed E-state index contributed by atoms with van der Waals surface area (Å²) in [5, 5.41) is 39.2. The Hall–Kier alpha value is -3.31. The molecule has 3 aromatic rings. The number of benzene rings is 1. The van der Waals surface area contributed by atoms with Gasteiger partial charge < -0.3 is 24.6 Å². The van der Waals surface area contributed by atoms with Gasteiger partial charge in [0.2, 0.25) is 5.89 Å². The van der Waals surface area contributed by atoms with Gasteiger partial charge in [0.1, 0.15) is 0 Å². The number of piperidine rings is 1. The molecule has 0 radical (unpaired) electrons. The average molecular weight is 474 g/mol. The Bertz CT molecular complexity index is 1130. The Balaban J connectivity index is 0.000000481. The molecule has 1 saturated heterocycles. The van der Waals surface area contributed by atoms with Crippen molar-refractivity contribution in [1.29, 1.82) is 0 Å². The fraction of sp³-hybridized carbons (Fsp3) is 0.522. The molecule has 184 valence electrons. The molecule has 3 heterocycles. The number of carbonyl (C=O) groups is 2. The van der Waals surface area contributed by atoms with Crippen LogP contribution in [0.1, 0.15) is 58.4 Å². The summed E-state index contributed by atoms with van der Waals surface area (Å²) in [5.74, 6) is -2.20. The molecule has 0 aliphatic carbocycles. The first kappa shape index (κ1) is 25.3. The summed E-state index contributed by atoms with van der Waals surface area (Å²) in [6.07, 6.45) is 1.91. The highest BCUT2D eigenvalue weighted by molar-refractivity contribution is 6.27. The molecule has 2 aromatic heterocycles. The number of carboxylic acid groups (broad SMARTS) is 2. The van der Waals surface area contributed by atoms with Crippen molar-refractivity contribution in [2.75, 3.05) is 19.6 Å². The van der Waals surface area contributed by atoms with E-state index in [-0.39, 0.29) is 12.0 Å². The van der Waals surface area contributed by atoms with E-state index in [0.29, 0.717) is 18.3 Å². The summed E-state index contributed by atoms with van der Waals surface area (Å²) < 4.78 is 8.08. The topological polar surface area (TPSA) is 155 Å². The Labute approximate surface area is 197 Å². The third-order valence-electron chi connectivity index (χ3n) is 5.48. The van der Waals surface area contributed by atoms with Crippen LogP contribution >= 0.6 is 0 Å². The number of para-hydroxylation sites is 1. The summed E-state index contributed by atoms with van der Waals surface area (Å²) in [6.45, 7) is 10.5. The van der Waals surface area contributed by atoms with E-state index in [1.54, 1.807) is 0 Å². The van der Waals surface area contributed by atoms with E-state index in [4.69, 9.17) is 29.3 Å². The zero-order chi connectivity index (χ0) is 25.0. The molecule has 1 aromatic carbocycles. The summed E-state index contributed by atoms with van der Waals surface area (Å²) in [7, 11) is 0. The van der Waals surface area contributed by atoms with Crippen LogP contribution in [0.25, 0.3) is 22.5 Å². The number of aliphatic carboxylic acids is 2. The van der Waals surface area contributed by atoms with Crippen LogP contribution in [0.5, 0.6) is 0 Å². The van der Waals surface area contributed by atoms with Crippen LogP contribution in [0.4, 0.5) is 0 Å². The fourth-order valence-electron chi connectivity index (χ4n) is 4.02. The van der Waals surface area contributed by atoms with E-state index in [9.17, 15) is 5.11 Å². The number of fused-ring (bicyclic) bond motifs is 1. The highest BCUT2D eigenvalue weighted by atomic mass is 16.4. The summed E-state index contributed by atoms with van der Waals surface area (Å²) in [6, 6.07) is 8.40. The van der Waals surface area contributed by atoms with E-state index in [0.717, 1.165) is 42.5 Å². The minimum Gasteiger partial charge on any atom is -0.473 e. The van der Waals surface area contributed by atoms with Crippen LogP contribution in [-0.2, 0) is 9.59 Å². The zero-order valence-corrected chi connectivity index (χ0v) is 19.8. The molecular formula is C23H31N5O6. The van der Waals surface area contributed by atoms with Gasteiger partial charge in [0.25, 0.3) is 5.89 Å². The van der Waals surface area contributed by atoms with Gasteiger partial charge in [0.15, 0.2) is 5.69 Å². The summed E-state index contributed by atoms with van der Waals surface area (Å²) in [5.41, 5.74) is 1.16. The lowest BCUT2D eigenvalue weighted by Crippen LogP contribution is -2.42. The monoisotopic (exact) mass is 473 g/mol. The summed E-state index contributed by atoms with van der Waals surface area (Å²) in [4.78, 5) is 20.5. The third kappa shape index (κ3) is 6.17. The average Bonchev–Trinajstić information content (AvgIpc) is 3.38. The smallest absolute Gasteiger partial charge is 0.414 e. The second-order valence-electron chi connectivity index (χ2n) is 9.32. The Morgan fingerprint density at radius 2 is 1.74 bits per heavy atom.